The molecule has 1 aliphatic rings. The van der Waals surface area contributed by atoms with Gasteiger partial charge in [-0.1, -0.05) is 0 Å². The molecule has 0 saturated carbocycles. The van der Waals surface area contributed by atoms with Crippen LogP contribution < -0.4 is 5.32 Å². The van der Waals surface area contributed by atoms with E-state index in [9.17, 15) is 10.1 Å². The quantitative estimate of drug-likeness (QED) is 0.641. The molecule has 0 amide bonds. The minimum Gasteiger partial charge on any atom is -0.465 e. The van der Waals surface area contributed by atoms with Gasteiger partial charge in [0.25, 0.3) is 0 Å². The SMILES string of the molecule is Cc1ccc([C@@H](CNc2ncccc2[N+](=O)[O-])N2CCOCC2)o1. The van der Waals surface area contributed by atoms with E-state index in [1.807, 2.05) is 19.1 Å². The number of nitrogens with one attached hydrogen (secondary N) is 1. The molecule has 1 aliphatic heterocycles. The third kappa shape index (κ3) is 3.72. The Labute approximate surface area is 139 Å². The van der Waals surface area contributed by atoms with Crippen molar-refractivity contribution in [3.8, 4) is 0 Å². The molecular formula is C16H20N4O4. The van der Waals surface area contributed by atoms with Crippen LogP contribution in [0.1, 0.15) is 17.6 Å². The maximum Gasteiger partial charge on any atom is 0.311 e. The molecule has 3 heterocycles. The second-order valence-electron chi connectivity index (χ2n) is 5.62. The van der Waals surface area contributed by atoms with Crippen molar-refractivity contribution in [3.05, 3.63) is 52.1 Å². The average molecular weight is 332 g/mol. The van der Waals surface area contributed by atoms with E-state index >= 15 is 0 Å². The lowest BCUT2D eigenvalue weighted by Crippen LogP contribution is -2.41. The molecule has 0 radical (unpaired) electrons. The molecule has 128 valence electrons. The summed E-state index contributed by atoms with van der Waals surface area (Å²) in [7, 11) is 0. The van der Waals surface area contributed by atoms with Crippen LogP contribution in [0.25, 0.3) is 0 Å². The molecule has 0 unspecified atom stereocenters. The molecule has 0 spiro atoms. The van der Waals surface area contributed by atoms with Crippen LogP contribution in [0.5, 0.6) is 0 Å². The molecule has 1 N–H and O–H groups in total. The molecular weight excluding hydrogens is 312 g/mol. The zero-order chi connectivity index (χ0) is 16.9. The highest BCUT2D eigenvalue weighted by Crippen LogP contribution is 2.26. The first-order valence-electron chi connectivity index (χ1n) is 7.86. The maximum absolute atomic E-state index is 11.1. The van der Waals surface area contributed by atoms with Gasteiger partial charge in [0, 0.05) is 31.9 Å². The van der Waals surface area contributed by atoms with Gasteiger partial charge in [0.15, 0.2) is 0 Å². The fraction of sp³-hybridized carbons (Fsp3) is 0.438. The Bertz CT molecular complexity index is 697. The van der Waals surface area contributed by atoms with Gasteiger partial charge in [-0.3, -0.25) is 15.0 Å². The second kappa shape index (κ2) is 7.41. The Morgan fingerprint density at radius 2 is 2.17 bits per heavy atom. The summed E-state index contributed by atoms with van der Waals surface area (Å²) in [5.74, 6) is 1.94. The highest BCUT2D eigenvalue weighted by atomic mass is 16.6. The number of ether oxygens (including phenoxy) is 1. The Morgan fingerprint density at radius 3 is 2.83 bits per heavy atom. The summed E-state index contributed by atoms with van der Waals surface area (Å²) in [5.41, 5.74) is -0.0335. The minimum absolute atomic E-state index is 0.0335. The summed E-state index contributed by atoms with van der Waals surface area (Å²) in [5, 5.41) is 14.2. The molecule has 0 aliphatic carbocycles. The second-order valence-corrected chi connectivity index (χ2v) is 5.62. The van der Waals surface area contributed by atoms with Crippen molar-refractivity contribution in [2.75, 3.05) is 38.2 Å². The van der Waals surface area contributed by atoms with E-state index in [0.29, 0.717) is 19.8 Å². The van der Waals surface area contributed by atoms with Crippen molar-refractivity contribution in [2.45, 2.75) is 13.0 Å². The van der Waals surface area contributed by atoms with Crippen molar-refractivity contribution in [2.24, 2.45) is 0 Å². The van der Waals surface area contributed by atoms with Crippen molar-refractivity contribution >= 4 is 11.5 Å². The van der Waals surface area contributed by atoms with Crippen LogP contribution in [-0.4, -0.2) is 47.7 Å². The summed E-state index contributed by atoms with van der Waals surface area (Å²) in [6.45, 7) is 5.27. The third-order valence-electron chi connectivity index (χ3n) is 4.02. The molecule has 24 heavy (non-hydrogen) atoms. The first kappa shape index (κ1) is 16.4. The van der Waals surface area contributed by atoms with E-state index in [1.54, 1.807) is 6.07 Å². The summed E-state index contributed by atoms with van der Waals surface area (Å²) in [6.07, 6.45) is 1.54. The fourth-order valence-electron chi connectivity index (χ4n) is 2.80. The van der Waals surface area contributed by atoms with Crippen LogP contribution in [-0.2, 0) is 4.74 Å². The molecule has 0 bridgehead atoms. The molecule has 2 aromatic rings. The number of hydrogen-bond acceptors (Lipinski definition) is 7. The van der Waals surface area contributed by atoms with Crippen molar-refractivity contribution in [1.29, 1.82) is 0 Å². The number of hydrogen-bond donors (Lipinski definition) is 1. The predicted molar refractivity (Wildman–Crippen MR) is 88.0 cm³/mol. The van der Waals surface area contributed by atoms with E-state index in [4.69, 9.17) is 9.15 Å². The van der Waals surface area contributed by atoms with Gasteiger partial charge < -0.3 is 14.5 Å². The highest BCUT2D eigenvalue weighted by molar-refractivity contribution is 5.55. The van der Waals surface area contributed by atoms with Crippen LogP contribution in [0.3, 0.4) is 0 Å². The molecule has 3 rings (SSSR count). The number of aromatic nitrogens is 1. The number of aryl methyl sites for hydroxylation is 1. The molecule has 2 aromatic heterocycles. The van der Waals surface area contributed by atoms with E-state index < -0.39 is 4.92 Å². The Morgan fingerprint density at radius 1 is 1.38 bits per heavy atom. The molecule has 8 nitrogen and oxygen atoms in total. The van der Waals surface area contributed by atoms with Gasteiger partial charge in [0.1, 0.15) is 11.5 Å². The lowest BCUT2D eigenvalue weighted by Gasteiger charge is -2.33. The predicted octanol–water partition coefficient (Wildman–Crippen LogP) is 2.38. The number of nitro groups is 1. The molecule has 1 atom stereocenters. The molecule has 1 fully saturated rings. The first-order valence-corrected chi connectivity index (χ1v) is 7.86. The smallest absolute Gasteiger partial charge is 0.311 e. The zero-order valence-electron chi connectivity index (χ0n) is 13.5. The Balaban J connectivity index is 1.78. The number of morpholine rings is 1. The number of nitrogens with zero attached hydrogens (tertiary/aromatic N) is 3. The van der Waals surface area contributed by atoms with Crippen LogP contribution in [0, 0.1) is 17.0 Å². The number of pyridine rings is 1. The van der Waals surface area contributed by atoms with E-state index in [-0.39, 0.29) is 17.5 Å². The number of rotatable bonds is 6. The molecule has 8 heteroatoms. The maximum atomic E-state index is 11.1. The first-order chi connectivity index (χ1) is 11.6. The molecule has 1 saturated heterocycles. The van der Waals surface area contributed by atoms with Gasteiger partial charge in [0.05, 0.1) is 24.2 Å². The third-order valence-corrected chi connectivity index (χ3v) is 4.02. The Hall–Kier alpha value is -2.45. The van der Waals surface area contributed by atoms with Gasteiger partial charge in [-0.15, -0.1) is 0 Å². The lowest BCUT2D eigenvalue weighted by molar-refractivity contribution is -0.384. The standard InChI is InChI=1S/C16H20N4O4/c1-12-4-5-15(24-12)14(19-7-9-23-10-8-19)11-18-16-13(20(21)22)3-2-6-17-16/h2-6,14H,7-11H2,1H3,(H,17,18)/t14-/m1/s1. The van der Waals surface area contributed by atoms with Gasteiger partial charge in [0.2, 0.25) is 5.82 Å². The van der Waals surface area contributed by atoms with Gasteiger partial charge in [-0.2, -0.15) is 0 Å². The van der Waals surface area contributed by atoms with E-state index in [2.05, 4.69) is 15.2 Å². The summed E-state index contributed by atoms with van der Waals surface area (Å²) in [4.78, 5) is 17.0. The van der Waals surface area contributed by atoms with Gasteiger partial charge in [-0.05, 0) is 25.1 Å². The largest absolute Gasteiger partial charge is 0.465 e. The Kier molecular flexibility index (Phi) is 5.07. The van der Waals surface area contributed by atoms with Crippen LogP contribution in [0.4, 0.5) is 11.5 Å². The van der Waals surface area contributed by atoms with Gasteiger partial charge in [-0.25, -0.2) is 4.98 Å². The van der Waals surface area contributed by atoms with Gasteiger partial charge >= 0.3 is 5.69 Å². The highest BCUT2D eigenvalue weighted by Gasteiger charge is 2.26. The fourth-order valence-corrected chi connectivity index (χ4v) is 2.80. The summed E-state index contributed by atoms with van der Waals surface area (Å²) < 4.78 is 11.2. The number of furan rings is 1. The minimum atomic E-state index is -0.434. The number of anilines is 1. The molecule has 0 aromatic carbocycles. The normalized spacial score (nSPS) is 16.7. The lowest BCUT2D eigenvalue weighted by atomic mass is 10.1. The van der Waals surface area contributed by atoms with Crippen LogP contribution >= 0.6 is 0 Å². The average Bonchev–Trinajstić information content (AvgIpc) is 3.02. The van der Waals surface area contributed by atoms with Crippen molar-refractivity contribution in [3.63, 3.8) is 0 Å². The topological polar surface area (TPSA) is 93.7 Å². The monoisotopic (exact) mass is 332 g/mol. The van der Waals surface area contributed by atoms with E-state index in [0.717, 1.165) is 24.6 Å². The van der Waals surface area contributed by atoms with E-state index in [1.165, 1.54) is 12.3 Å². The zero-order valence-corrected chi connectivity index (χ0v) is 13.5. The summed E-state index contributed by atoms with van der Waals surface area (Å²) in [6, 6.07) is 6.83. The van der Waals surface area contributed by atoms with Crippen molar-refractivity contribution in [1.82, 2.24) is 9.88 Å². The van der Waals surface area contributed by atoms with Crippen LogP contribution in [0.15, 0.2) is 34.9 Å². The van der Waals surface area contributed by atoms with Crippen molar-refractivity contribution < 1.29 is 14.1 Å². The summed E-state index contributed by atoms with van der Waals surface area (Å²) >= 11 is 0. The van der Waals surface area contributed by atoms with Crippen LogP contribution in [0.2, 0.25) is 0 Å².